The Morgan fingerprint density at radius 3 is 2.69 bits per heavy atom. The minimum atomic E-state index is -0.683. The van der Waals surface area contributed by atoms with Gasteiger partial charge in [-0.3, -0.25) is 19.1 Å². The normalized spacial score (nSPS) is 13.3. The molecule has 4 rings (SSSR count). The number of rotatable bonds is 8. The number of carbonyl (C=O) groups excluding carboxylic acids is 1. The van der Waals surface area contributed by atoms with Crippen LogP contribution in [-0.2, 0) is 6.54 Å². The number of pyridine rings is 1. The molecular formula is C26H29N5O3S. The maximum absolute atomic E-state index is 13.8. The highest BCUT2D eigenvalue weighted by atomic mass is 32.2. The first-order valence-electron chi connectivity index (χ1n) is 11.6. The third kappa shape index (κ3) is 5.57. The molecule has 1 amide bonds. The van der Waals surface area contributed by atoms with Crippen LogP contribution in [0.2, 0.25) is 0 Å². The fourth-order valence-electron chi connectivity index (χ4n) is 4.32. The Kier molecular flexibility index (Phi) is 7.87. The number of nitrogen functional groups attached to an aromatic ring is 1. The van der Waals surface area contributed by atoms with Crippen LogP contribution < -0.4 is 21.9 Å². The molecule has 0 unspecified atom stereocenters. The van der Waals surface area contributed by atoms with E-state index in [1.807, 2.05) is 36.6 Å². The molecule has 0 saturated heterocycles. The van der Waals surface area contributed by atoms with E-state index in [-0.39, 0.29) is 30.5 Å². The number of benzene rings is 1. The van der Waals surface area contributed by atoms with Gasteiger partial charge in [0.2, 0.25) is 0 Å². The molecule has 182 valence electrons. The Morgan fingerprint density at radius 1 is 1.17 bits per heavy atom. The van der Waals surface area contributed by atoms with Crippen molar-refractivity contribution < 1.29 is 4.79 Å². The number of hydrogen-bond acceptors (Lipinski definition) is 6. The number of aromatic amines is 1. The molecule has 1 aliphatic carbocycles. The Hall–Kier alpha value is -3.59. The summed E-state index contributed by atoms with van der Waals surface area (Å²) in [5.74, 6) is -0.413. The largest absolute Gasteiger partial charge is 0.383 e. The van der Waals surface area contributed by atoms with Gasteiger partial charge < -0.3 is 10.6 Å². The highest BCUT2D eigenvalue weighted by Crippen LogP contribution is 2.26. The Bertz CT molecular complexity index is 1350. The molecule has 3 aromatic rings. The summed E-state index contributed by atoms with van der Waals surface area (Å²) in [5.41, 5.74) is 7.62. The summed E-state index contributed by atoms with van der Waals surface area (Å²) < 4.78 is 1.30. The molecule has 0 radical (unpaired) electrons. The van der Waals surface area contributed by atoms with Crippen LogP contribution in [0.25, 0.3) is 0 Å². The van der Waals surface area contributed by atoms with E-state index < -0.39 is 11.2 Å². The van der Waals surface area contributed by atoms with E-state index in [0.717, 1.165) is 31.2 Å². The number of allylic oxidation sites excluding steroid dienone is 1. The van der Waals surface area contributed by atoms with Crippen LogP contribution >= 0.6 is 11.8 Å². The van der Waals surface area contributed by atoms with E-state index in [9.17, 15) is 14.4 Å². The van der Waals surface area contributed by atoms with Crippen LogP contribution in [0.5, 0.6) is 0 Å². The summed E-state index contributed by atoms with van der Waals surface area (Å²) in [6.07, 6.45) is 10.6. The molecule has 2 aromatic heterocycles. The Morgan fingerprint density at radius 2 is 1.97 bits per heavy atom. The van der Waals surface area contributed by atoms with Gasteiger partial charge in [0.05, 0.1) is 12.1 Å². The van der Waals surface area contributed by atoms with Gasteiger partial charge in [-0.25, -0.2) is 9.78 Å². The first-order chi connectivity index (χ1) is 17.0. The number of carbonyl (C=O) groups is 1. The summed E-state index contributed by atoms with van der Waals surface area (Å²) in [4.78, 5) is 47.6. The van der Waals surface area contributed by atoms with Crippen molar-refractivity contribution in [2.75, 3.05) is 23.4 Å². The van der Waals surface area contributed by atoms with Gasteiger partial charge in [0.15, 0.2) is 5.69 Å². The molecule has 0 fully saturated rings. The van der Waals surface area contributed by atoms with Gasteiger partial charge in [0, 0.05) is 12.7 Å². The highest BCUT2D eigenvalue weighted by Gasteiger charge is 2.27. The SMILES string of the molecule is CSc1ncccc1C(=O)N(CCC1=CCCCC1)c1c(N)n(Cc2ccccc2)c(=O)[nH]c1=O. The molecule has 9 heteroatoms. The number of nitrogens with two attached hydrogens (primary N) is 1. The summed E-state index contributed by atoms with van der Waals surface area (Å²) >= 11 is 1.36. The second-order valence-corrected chi connectivity index (χ2v) is 9.23. The average molecular weight is 492 g/mol. The van der Waals surface area contributed by atoms with Gasteiger partial charge in [-0.1, -0.05) is 42.0 Å². The maximum atomic E-state index is 13.8. The van der Waals surface area contributed by atoms with Gasteiger partial charge in [-0.15, -0.1) is 11.8 Å². The first-order valence-corrected chi connectivity index (χ1v) is 12.9. The minimum Gasteiger partial charge on any atom is -0.383 e. The summed E-state index contributed by atoms with van der Waals surface area (Å²) in [7, 11) is 0. The molecular weight excluding hydrogens is 462 g/mol. The third-order valence-corrected chi connectivity index (χ3v) is 6.86. The Balaban J connectivity index is 1.79. The van der Waals surface area contributed by atoms with Crippen molar-refractivity contribution >= 4 is 29.2 Å². The number of amides is 1. The molecule has 0 atom stereocenters. The van der Waals surface area contributed by atoms with Crippen molar-refractivity contribution in [3.8, 4) is 0 Å². The van der Waals surface area contributed by atoms with E-state index in [2.05, 4.69) is 16.0 Å². The number of hydrogen-bond donors (Lipinski definition) is 2. The quantitative estimate of drug-likeness (QED) is 0.366. The molecule has 3 N–H and O–H groups in total. The highest BCUT2D eigenvalue weighted by molar-refractivity contribution is 7.98. The van der Waals surface area contributed by atoms with Crippen molar-refractivity contribution in [2.45, 2.75) is 43.7 Å². The minimum absolute atomic E-state index is 0.0159. The second-order valence-electron chi connectivity index (χ2n) is 8.44. The van der Waals surface area contributed by atoms with Gasteiger partial charge in [0.1, 0.15) is 10.8 Å². The van der Waals surface area contributed by atoms with Crippen LogP contribution in [0.1, 0.15) is 48.0 Å². The van der Waals surface area contributed by atoms with E-state index in [1.54, 1.807) is 18.3 Å². The van der Waals surface area contributed by atoms with Crippen molar-refractivity contribution in [3.05, 3.63) is 92.3 Å². The fourth-order valence-corrected chi connectivity index (χ4v) is 4.87. The second kappa shape index (κ2) is 11.2. The molecule has 0 saturated carbocycles. The van der Waals surface area contributed by atoms with Crippen LogP contribution in [-0.4, -0.2) is 33.2 Å². The van der Waals surface area contributed by atoms with Gasteiger partial charge in [0.25, 0.3) is 11.5 Å². The number of anilines is 2. The topological polar surface area (TPSA) is 114 Å². The van der Waals surface area contributed by atoms with E-state index in [0.29, 0.717) is 17.0 Å². The number of thioether (sulfide) groups is 1. The van der Waals surface area contributed by atoms with Gasteiger partial charge >= 0.3 is 5.69 Å². The number of nitrogens with zero attached hydrogens (tertiary/aromatic N) is 3. The molecule has 35 heavy (non-hydrogen) atoms. The van der Waals surface area contributed by atoms with Crippen molar-refractivity contribution in [1.82, 2.24) is 14.5 Å². The van der Waals surface area contributed by atoms with Crippen LogP contribution in [0.4, 0.5) is 11.5 Å². The molecule has 0 bridgehead atoms. The standard InChI is InChI=1S/C26H29N5O3S/c1-35-24-20(13-8-15-28-24)25(33)30(16-14-18-9-4-2-5-10-18)21-22(27)31(26(34)29-23(21)32)17-19-11-6-3-7-12-19/h3,6-9,11-13,15H,2,4-5,10,14,16-17,27H2,1H3,(H,29,32,34). The molecule has 0 aliphatic heterocycles. The lowest BCUT2D eigenvalue weighted by molar-refractivity contribution is 0.0983. The lowest BCUT2D eigenvalue weighted by Gasteiger charge is -2.26. The average Bonchev–Trinajstić information content (AvgIpc) is 2.89. The van der Waals surface area contributed by atoms with Crippen molar-refractivity contribution in [2.24, 2.45) is 0 Å². The number of aromatic nitrogens is 3. The third-order valence-electron chi connectivity index (χ3n) is 6.15. The zero-order valence-electron chi connectivity index (χ0n) is 19.7. The van der Waals surface area contributed by atoms with Crippen molar-refractivity contribution in [3.63, 3.8) is 0 Å². The number of H-pyrrole nitrogens is 1. The fraction of sp³-hybridized carbons (Fsp3) is 0.308. The van der Waals surface area contributed by atoms with E-state index in [1.165, 1.54) is 26.8 Å². The molecule has 0 spiro atoms. The summed E-state index contributed by atoms with van der Waals surface area (Å²) in [6, 6.07) is 12.7. The van der Waals surface area contributed by atoms with Crippen LogP contribution in [0.15, 0.2) is 74.9 Å². The lowest BCUT2D eigenvalue weighted by atomic mass is 9.97. The monoisotopic (exact) mass is 491 g/mol. The van der Waals surface area contributed by atoms with E-state index >= 15 is 0 Å². The molecule has 2 heterocycles. The summed E-state index contributed by atoms with van der Waals surface area (Å²) in [5, 5.41) is 0.562. The molecule has 1 aliphatic rings. The first kappa shape index (κ1) is 24.5. The van der Waals surface area contributed by atoms with E-state index in [4.69, 9.17) is 5.73 Å². The zero-order valence-corrected chi connectivity index (χ0v) is 20.5. The predicted molar refractivity (Wildman–Crippen MR) is 140 cm³/mol. The smallest absolute Gasteiger partial charge is 0.330 e. The van der Waals surface area contributed by atoms with Gasteiger partial charge in [-0.05, 0) is 56.1 Å². The van der Waals surface area contributed by atoms with Crippen LogP contribution in [0, 0.1) is 0 Å². The lowest BCUT2D eigenvalue weighted by Crippen LogP contribution is -2.42. The Labute approximate surface area is 207 Å². The van der Waals surface area contributed by atoms with Crippen molar-refractivity contribution in [1.29, 1.82) is 0 Å². The molecule has 8 nitrogen and oxygen atoms in total. The summed E-state index contributed by atoms with van der Waals surface area (Å²) in [6.45, 7) is 0.440. The van der Waals surface area contributed by atoms with Gasteiger partial charge in [-0.2, -0.15) is 0 Å². The predicted octanol–water partition coefficient (Wildman–Crippen LogP) is 3.82. The molecule has 1 aromatic carbocycles. The number of nitrogens with one attached hydrogen (secondary N) is 1. The maximum Gasteiger partial charge on any atom is 0.330 e. The zero-order chi connectivity index (χ0) is 24.8. The van der Waals surface area contributed by atoms with Crippen LogP contribution in [0.3, 0.4) is 0 Å².